The first-order valence-electron chi connectivity index (χ1n) is 6.60. The van der Waals surface area contributed by atoms with Crippen molar-refractivity contribution in [2.24, 2.45) is 0 Å². The van der Waals surface area contributed by atoms with Gasteiger partial charge in [-0.25, -0.2) is 4.39 Å². The van der Waals surface area contributed by atoms with Crippen LogP contribution in [0.15, 0.2) is 36.4 Å². The van der Waals surface area contributed by atoms with E-state index in [0.29, 0.717) is 17.8 Å². The van der Waals surface area contributed by atoms with Crippen molar-refractivity contribution in [3.63, 3.8) is 0 Å². The smallest absolute Gasteiger partial charge is 0.258 e. The van der Waals surface area contributed by atoms with Crippen LogP contribution in [0.4, 0.5) is 15.8 Å². The molecule has 21 heavy (non-hydrogen) atoms. The molecule has 3 N–H and O–H groups in total. The van der Waals surface area contributed by atoms with Crippen molar-refractivity contribution in [1.29, 1.82) is 0 Å². The molecule has 0 aliphatic carbocycles. The molecule has 0 unspecified atom stereocenters. The van der Waals surface area contributed by atoms with Crippen LogP contribution < -0.4 is 10.6 Å². The van der Waals surface area contributed by atoms with Crippen LogP contribution in [0.1, 0.15) is 22.8 Å². The van der Waals surface area contributed by atoms with Crippen LogP contribution in [0.3, 0.4) is 0 Å². The van der Waals surface area contributed by atoms with E-state index in [0.717, 1.165) is 0 Å². The number of amides is 1. The highest BCUT2D eigenvalue weighted by Gasteiger charge is 2.18. The third kappa shape index (κ3) is 2.97. The van der Waals surface area contributed by atoms with Gasteiger partial charge in [0.1, 0.15) is 11.6 Å². The molecule has 110 valence electrons. The van der Waals surface area contributed by atoms with Gasteiger partial charge in [-0.1, -0.05) is 6.07 Å². The highest BCUT2D eigenvalue weighted by Crippen LogP contribution is 2.24. The number of nitrogens with two attached hydrogens (primary N) is 1. The molecule has 0 atom stereocenters. The molecule has 0 saturated carbocycles. The lowest BCUT2D eigenvalue weighted by Gasteiger charge is -2.21. The zero-order valence-electron chi connectivity index (χ0n) is 11.9. The number of aromatic hydroxyl groups is 1. The zero-order valence-corrected chi connectivity index (χ0v) is 11.9. The topological polar surface area (TPSA) is 66.6 Å². The van der Waals surface area contributed by atoms with Crippen LogP contribution in [0.5, 0.6) is 5.75 Å². The molecule has 4 nitrogen and oxygen atoms in total. The van der Waals surface area contributed by atoms with E-state index in [2.05, 4.69) is 0 Å². The Bertz CT molecular complexity index is 663. The third-order valence-electron chi connectivity index (χ3n) is 3.33. The van der Waals surface area contributed by atoms with E-state index in [1.807, 2.05) is 0 Å². The Balaban J connectivity index is 2.41. The van der Waals surface area contributed by atoms with Crippen molar-refractivity contribution in [2.45, 2.75) is 13.8 Å². The van der Waals surface area contributed by atoms with Gasteiger partial charge in [-0.2, -0.15) is 0 Å². The summed E-state index contributed by atoms with van der Waals surface area (Å²) in [7, 11) is 0. The monoisotopic (exact) mass is 288 g/mol. The quantitative estimate of drug-likeness (QED) is 0.853. The molecular weight excluding hydrogens is 271 g/mol. The first-order valence-corrected chi connectivity index (χ1v) is 6.60. The average Bonchev–Trinajstić information content (AvgIpc) is 2.45. The second-order valence-electron chi connectivity index (χ2n) is 4.74. The van der Waals surface area contributed by atoms with Crippen molar-refractivity contribution in [3.05, 3.63) is 53.3 Å². The van der Waals surface area contributed by atoms with Crippen LogP contribution >= 0.6 is 0 Å². The van der Waals surface area contributed by atoms with Gasteiger partial charge in [-0.15, -0.1) is 0 Å². The van der Waals surface area contributed by atoms with Crippen LogP contribution in [-0.4, -0.2) is 17.6 Å². The number of benzene rings is 2. The van der Waals surface area contributed by atoms with Crippen molar-refractivity contribution in [3.8, 4) is 5.75 Å². The number of phenolic OH excluding ortho intramolecular Hbond substituents is 1. The van der Waals surface area contributed by atoms with Gasteiger partial charge in [0.05, 0.1) is 0 Å². The van der Waals surface area contributed by atoms with E-state index >= 15 is 0 Å². The minimum Gasteiger partial charge on any atom is -0.508 e. The Kier molecular flexibility index (Phi) is 4.12. The van der Waals surface area contributed by atoms with Crippen molar-refractivity contribution >= 4 is 17.3 Å². The highest BCUT2D eigenvalue weighted by atomic mass is 19.1. The molecule has 0 aliphatic rings. The Morgan fingerprint density at radius 2 is 2.05 bits per heavy atom. The lowest BCUT2D eigenvalue weighted by atomic mass is 10.1. The third-order valence-corrected chi connectivity index (χ3v) is 3.33. The van der Waals surface area contributed by atoms with E-state index in [1.54, 1.807) is 26.0 Å². The average molecular weight is 288 g/mol. The number of rotatable bonds is 3. The summed E-state index contributed by atoms with van der Waals surface area (Å²) in [6.07, 6.45) is 0. The standard InChI is InChI=1S/C16H17FN2O2/c1-3-19(12-5-4-6-13(20)9-12)16(21)11-7-14(17)10(2)15(18)8-11/h4-9,20H,3,18H2,1-2H3. The fraction of sp³-hybridized carbons (Fsp3) is 0.188. The van der Waals surface area contributed by atoms with Gasteiger partial charge in [-0.3, -0.25) is 4.79 Å². The van der Waals surface area contributed by atoms with Gasteiger partial charge in [0, 0.05) is 35.1 Å². The van der Waals surface area contributed by atoms with E-state index in [1.165, 1.54) is 29.2 Å². The normalized spacial score (nSPS) is 10.4. The first-order chi connectivity index (χ1) is 9.93. The van der Waals surface area contributed by atoms with Crippen LogP contribution in [0.2, 0.25) is 0 Å². The number of halogens is 1. The summed E-state index contributed by atoms with van der Waals surface area (Å²) < 4.78 is 13.7. The molecule has 0 aromatic heterocycles. The molecule has 0 bridgehead atoms. The number of anilines is 2. The summed E-state index contributed by atoms with van der Waals surface area (Å²) in [5, 5.41) is 9.52. The zero-order chi connectivity index (χ0) is 15.6. The highest BCUT2D eigenvalue weighted by molar-refractivity contribution is 6.06. The Labute approximate surface area is 122 Å². The van der Waals surface area contributed by atoms with E-state index in [9.17, 15) is 14.3 Å². The minimum absolute atomic E-state index is 0.0633. The van der Waals surface area contributed by atoms with Crippen molar-refractivity contribution in [2.75, 3.05) is 17.2 Å². The fourth-order valence-electron chi connectivity index (χ4n) is 2.08. The molecule has 5 heteroatoms. The molecular formula is C16H17FN2O2. The summed E-state index contributed by atoms with van der Waals surface area (Å²) in [4.78, 5) is 14.0. The Hall–Kier alpha value is -2.56. The maximum Gasteiger partial charge on any atom is 0.258 e. The molecule has 0 aliphatic heterocycles. The van der Waals surface area contributed by atoms with E-state index in [4.69, 9.17) is 5.73 Å². The minimum atomic E-state index is -0.509. The van der Waals surface area contributed by atoms with Crippen molar-refractivity contribution in [1.82, 2.24) is 0 Å². The Morgan fingerprint density at radius 3 is 2.62 bits per heavy atom. The summed E-state index contributed by atoms with van der Waals surface area (Å²) in [6, 6.07) is 8.99. The second-order valence-corrected chi connectivity index (χ2v) is 4.74. The molecule has 0 radical (unpaired) electrons. The van der Waals surface area contributed by atoms with E-state index < -0.39 is 5.82 Å². The van der Waals surface area contributed by atoms with Crippen LogP contribution in [0, 0.1) is 12.7 Å². The SMILES string of the molecule is CCN(C(=O)c1cc(N)c(C)c(F)c1)c1cccc(O)c1. The lowest BCUT2D eigenvalue weighted by Crippen LogP contribution is -2.30. The van der Waals surface area contributed by atoms with Crippen molar-refractivity contribution < 1.29 is 14.3 Å². The maximum absolute atomic E-state index is 13.7. The molecule has 1 amide bonds. The predicted molar refractivity (Wildman–Crippen MR) is 81.0 cm³/mol. The largest absolute Gasteiger partial charge is 0.508 e. The number of nitrogens with zero attached hydrogens (tertiary/aromatic N) is 1. The van der Waals surface area contributed by atoms with Gasteiger partial charge < -0.3 is 15.7 Å². The van der Waals surface area contributed by atoms with Gasteiger partial charge in [0.25, 0.3) is 5.91 Å². The predicted octanol–water partition coefficient (Wildman–Crippen LogP) is 3.09. The first kappa shape index (κ1) is 14.8. The molecule has 0 heterocycles. The maximum atomic E-state index is 13.7. The molecule has 2 aromatic rings. The number of carbonyl (C=O) groups excluding carboxylic acids is 1. The van der Waals surface area contributed by atoms with E-state index in [-0.39, 0.29) is 22.9 Å². The number of hydrogen-bond donors (Lipinski definition) is 2. The molecule has 0 saturated heterocycles. The van der Waals surface area contributed by atoms with Crippen LogP contribution in [-0.2, 0) is 0 Å². The summed E-state index contributed by atoms with van der Waals surface area (Å²) in [5.41, 5.74) is 7.00. The number of phenols is 1. The Morgan fingerprint density at radius 1 is 1.33 bits per heavy atom. The molecule has 2 aromatic carbocycles. The van der Waals surface area contributed by atoms with Gasteiger partial charge >= 0.3 is 0 Å². The van der Waals surface area contributed by atoms with Gasteiger partial charge in [0.15, 0.2) is 0 Å². The molecule has 0 fully saturated rings. The summed E-state index contributed by atoms with van der Waals surface area (Å²) in [6.45, 7) is 3.75. The molecule has 0 spiro atoms. The van der Waals surface area contributed by atoms with Gasteiger partial charge in [0.2, 0.25) is 0 Å². The van der Waals surface area contributed by atoms with Gasteiger partial charge in [-0.05, 0) is 38.1 Å². The lowest BCUT2D eigenvalue weighted by molar-refractivity contribution is 0.0988. The van der Waals surface area contributed by atoms with Crippen LogP contribution in [0.25, 0.3) is 0 Å². The summed E-state index contributed by atoms with van der Waals surface area (Å²) in [5.74, 6) is -0.813. The summed E-state index contributed by atoms with van der Waals surface area (Å²) >= 11 is 0. The number of hydrogen-bond acceptors (Lipinski definition) is 3. The molecule has 2 rings (SSSR count). The number of carbonyl (C=O) groups is 1. The fourth-order valence-corrected chi connectivity index (χ4v) is 2.08. The number of nitrogen functional groups attached to an aromatic ring is 1. The second kappa shape index (κ2) is 5.83.